The molecule has 0 fully saturated rings. The van der Waals surface area contributed by atoms with Gasteiger partial charge in [0.1, 0.15) is 0 Å². The molecule has 0 saturated heterocycles. The van der Waals surface area contributed by atoms with Gasteiger partial charge in [-0.25, -0.2) is 0 Å². The van der Waals surface area contributed by atoms with Gasteiger partial charge in [-0.3, -0.25) is 0 Å². The highest BCUT2D eigenvalue weighted by Crippen LogP contribution is 2.56. The standard InChI is InChI=1S/C49H32N2/c1-2-16-33(17-3-1)49(43-24-10-4-18-37(43)38-19-5-11-25-44(38)49)34-30-35(50-45-26-12-6-20-39(45)40-21-7-13-27-46(40)50)32-36(31-34)51-47-28-14-8-22-41(47)42-23-9-15-29-48(42)51/h1-32H. The molecule has 0 saturated carbocycles. The third-order valence-corrected chi connectivity index (χ3v) is 11.2. The van der Waals surface area contributed by atoms with E-state index >= 15 is 0 Å². The second kappa shape index (κ2) is 10.7. The maximum atomic E-state index is 2.47. The van der Waals surface area contributed by atoms with Crippen LogP contribution in [0.15, 0.2) is 194 Å². The van der Waals surface area contributed by atoms with Crippen LogP contribution in [-0.2, 0) is 5.41 Å². The quantitative estimate of drug-likeness (QED) is 0.180. The average molecular weight is 649 g/mol. The molecule has 0 unspecified atom stereocenters. The van der Waals surface area contributed by atoms with Gasteiger partial charge in [0, 0.05) is 32.9 Å². The fraction of sp³-hybridized carbons (Fsp3) is 0.0204. The molecule has 238 valence electrons. The summed E-state index contributed by atoms with van der Waals surface area (Å²) in [5.41, 5.74) is 14.2. The summed E-state index contributed by atoms with van der Waals surface area (Å²) < 4.78 is 4.94. The number of rotatable bonds is 4. The Morgan fingerprint density at radius 3 is 1.08 bits per heavy atom. The molecule has 2 heterocycles. The molecule has 0 spiro atoms. The molecule has 11 rings (SSSR count). The third-order valence-electron chi connectivity index (χ3n) is 11.2. The molecule has 2 nitrogen and oxygen atoms in total. The topological polar surface area (TPSA) is 9.86 Å². The van der Waals surface area contributed by atoms with E-state index in [1.54, 1.807) is 0 Å². The van der Waals surface area contributed by atoms with Crippen molar-refractivity contribution >= 4 is 43.6 Å². The SMILES string of the molecule is c1ccc(C2(c3cc(-n4c5ccccc5c5ccccc54)cc(-n4c5ccccc5c5ccccc54)c3)c3ccccc3-c3ccccc32)cc1. The summed E-state index contributed by atoms with van der Waals surface area (Å²) >= 11 is 0. The Morgan fingerprint density at radius 1 is 0.294 bits per heavy atom. The van der Waals surface area contributed by atoms with E-state index in [4.69, 9.17) is 0 Å². The zero-order chi connectivity index (χ0) is 33.5. The Bertz CT molecular complexity index is 2690. The zero-order valence-corrected chi connectivity index (χ0v) is 27.9. The third kappa shape index (κ3) is 3.82. The summed E-state index contributed by atoms with van der Waals surface area (Å²) in [4.78, 5) is 0. The van der Waals surface area contributed by atoms with E-state index in [-0.39, 0.29) is 0 Å². The molecule has 0 amide bonds. The van der Waals surface area contributed by atoms with E-state index in [0.29, 0.717) is 0 Å². The number of nitrogens with zero attached hydrogens (tertiary/aromatic N) is 2. The normalized spacial score (nSPS) is 13.3. The van der Waals surface area contributed by atoms with Crippen LogP contribution >= 0.6 is 0 Å². The minimum absolute atomic E-state index is 0.545. The van der Waals surface area contributed by atoms with Gasteiger partial charge < -0.3 is 9.13 Å². The van der Waals surface area contributed by atoms with Crippen LogP contribution in [0.5, 0.6) is 0 Å². The zero-order valence-electron chi connectivity index (χ0n) is 27.9. The lowest BCUT2D eigenvalue weighted by atomic mass is 9.67. The molecular weight excluding hydrogens is 617 g/mol. The van der Waals surface area contributed by atoms with Crippen LogP contribution in [-0.4, -0.2) is 9.13 Å². The molecule has 2 aromatic heterocycles. The van der Waals surface area contributed by atoms with Crippen LogP contribution in [0.3, 0.4) is 0 Å². The first kappa shape index (κ1) is 28.2. The van der Waals surface area contributed by atoms with Gasteiger partial charge in [0.2, 0.25) is 0 Å². The van der Waals surface area contributed by atoms with Crippen LogP contribution in [0.4, 0.5) is 0 Å². The van der Waals surface area contributed by atoms with Crippen LogP contribution in [0.25, 0.3) is 66.1 Å². The van der Waals surface area contributed by atoms with E-state index < -0.39 is 5.41 Å². The molecule has 0 radical (unpaired) electrons. The first-order valence-corrected chi connectivity index (χ1v) is 17.7. The van der Waals surface area contributed by atoms with Gasteiger partial charge in [0.05, 0.1) is 27.5 Å². The minimum Gasteiger partial charge on any atom is -0.309 e. The van der Waals surface area contributed by atoms with Gasteiger partial charge in [-0.1, -0.05) is 152 Å². The van der Waals surface area contributed by atoms with Gasteiger partial charge >= 0.3 is 0 Å². The maximum absolute atomic E-state index is 2.47. The van der Waals surface area contributed by atoms with E-state index in [1.165, 1.54) is 77.0 Å². The molecule has 0 bridgehead atoms. The van der Waals surface area contributed by atoms with Crippen LogP contribution in [0.2, 0.25) is 0 Å². The summed E-state index contributed by atoms with van der Waals surface area (Å²) in [6, 6.07) is 71.7. The predicted molar refractivity (Wildman–Crippen MR) is 212 cm³/mol. The van der Waals surface area contributed by atoms with Gasteiger partial charge in [-0.05, 0) is 75.8 Å². The van der Waals surface area contributed by atoms with Crippen molar-refractivity contribution in [3.05, 3.63) is 216 Å². The largest absolute Gasteiger partial charge is 0.309 e. The van der Waals surface area contributed by atoms with Gasteiger partial charge in [-0.15, -0.1) is 0 Å². The molecule has 0 aliphatic heterocycles. The number of hydrogen-bond acceptors (Lipinski definition) is 0. The number of benzene rings is 8. The molecule has 0 atom stereocenters. The van der Waals surface area contributed by atoms with Gasteiger partial charge in [0.25, 0.3) is 0 Å². The Labute approximate surface area is 296 Å². The van der Waals surface area contributed by atoms with E-state index in [2.05, 4.69) is 203 Å². The maximum Gasteiger partial charge on any atom is 0.0715 e. The van der Waals surface area contributed by atoms with Crippen molar-refractivity contribution in [1.29, 1.82) is 0 Å². The second-order valence-electron chi connectivity index (χ2n) is 13.7. The smallest absolute Gasteiger partial charge is 0.0715 e. The molecule has 8 aromatic carbocycles. The lowest BCUT2D eigenvalue weighted by Crippen LogP contribution is -2.29. The lowest BCUT2D eigenvalue weighted by molar-refractivity contribution is 0.766. The summed E-state index contributed by atoms with van der Waals surface area (Å²) in [6.45, 7) is 0. The van der Waals surface area contributed by atoms with Crippen molar-refractivity contribution in [3.8, 4) is 22.5 Å². The van der Waals surface area contributed by atoms with E-state index in [0.717, 1.165) is 11.4 Å². The minimum atomic E-state index is -0.545. The summed E-state index contributed by atoms with van der Waals surface area (Å²) in [5, 5.41) is 5.02. The fourth-order valence-electron chi connectivity index (χ4n) is 9.18. The fourth-order valence-corrected chi connectivity index (χ4v) is 9.18. The number of hydrogen-bond donors (Lipinski definition) is 0. The first-order valence-electron chi connectivity index (χ1n) is 17.7. The van der Waals surface area contributed by atoms with Crippen LogP contribution < -0.4 is 0 Å². The molecule has 10 aromatic rings. The molecule has 0 N–H and O–H groups in total. The van der Waals surface area contributed by atoms with Crippen molar-refractivity contribution in [3.63, 3.8) is 0 Å². The lowest BCUT2D eigenvalue weighted by Gasteiger charge is -2.34. The van der Waals surface area contributed by atoms with Crippen LogP contribution in [0, 0.1) is 0 Å². The Balaban J connectivity index is 1.34. The predicted octanol–water partition coefficient (Wildman–Crippen LogP) is 12.2. The van der Waals surface area contributed by atoms with Crippen molar-refractivity contribution in [2.24, 2.45) is 0 Å². The Morgan fingerprint density at radius 2 is 0.647 bits per heavy atom. The van der Waals surface area contributed by atoms with Crippen molar-refractivity contribution in [2.75, 3.05) is 0 Å². The number of fused-ring (bicyclic) bond motifs is 9. The highest BCUT2D eigenvalue weighted by Gasteiger charge is 2.46. The van der Waals surface area contributed by atoms with Gasteiger partial charge in [-0.2, -0.15) is 0 Å². The molecule has 1 aliphatic rings. The molecule has 51 heavy (non-hydrogen) atoms. The molecule has 2 heteroatoms. The first-order chi connectivity index (χ1) is 25.3. The monoisotopic (exact) mass is 648 g/mol. The van der Waals surface area contributed by atoms with Crippen LogP contribution in [0.1, 0.15) is 22.3 Å². The molecule has 1 aliphatic carbocycles. The van der Waals surface area contributed by atoms with Gasteiger partial charge in [0.15, 0.2) is 0 Å². The summed E-state index contributed by atoms with van der Waals surface area (Å²) in [7, 11) is 0. The Hall–Kier alpha value is -6.64. The average Bonchev–Trinajstić information content (AvgIpc) is 3.83. The summed E-state index contributed by atoms with van der Waals surface area (Å²) in [6.07, 6.45) is 0. The van der Waals surface area contributed by atoms with E-state index in [9.17, 15) is 0 Å². The van der Waals surface area contributed by atoms with E-state index in [1.807, 2.05) is 0 Å². The van der Waals surface area contributed by atoms with Crippen molar-refractivity contribution < 1.29 is 0 Å². The number of para-hydroxylation sites is 4. The summed E-state index contributed by atoms with van der Waals surface area (Å²) in [5.74, 6) is 0. The highest BCUT2D eigenvalue weighted by atomic mass is 15.0. The Kier molecular flexibility index (Phi) is 5.91. The highest BCUT2D eigenvalue weighted by molar-refractivity contribution is 6.10. The van der Waals surface area contributed by atoms with Crippen molar-refractivity contribution in [2.45, 2.75) is 5.41 Å². The molecular formula is C49H32N2. The number of aromatic nitrogens is 2. The van der Waals surface area contributed by atoms with Crippen molar-refractivity contribution in [1.82, 2.24) is 9.13 Å². The second-order valence-corrected chi connectivity index (χ2v) is 13.7.